The minimum absolute atomic E-state index is 0.00506. The molecule has 152 valence electrons. The summed E-state index contributed by atoms with van der Waals surface area (Å²) in [6.45, 7) is 0.944. The van der Waals surface area contributed by atoms with Gasteiger partial charge in [-0.2, -0.15) is 0 Å². The molecule has 1 aliphatic heterocycles. The van der Waals surface area contributed by atoms with E-state index in [0.29, 0.717) is 24.6 Å². The predicted molar refractivity (Wildman–Crippen MR) is 108 cm³/mol. The number of thiazole rings is 1. The average Bonchev–Trinajstić information content (AvgIpc) is 3.16. The van der Waals surface area contributed by atoms with Crippen LogP contribution in [0.2, 0.25) is 0 Å². The summed E-state index contributed by atoms with van der Waals surface area (Å²) in [6.07, 6.45) is 5.07. The van der Waals surface area contributed by atoms with E-state index in [1.165, 1.54) is 42.1 Å². The molecule has 0 fully saturated rings. The first kappa shape index (κ1) is 19.6. The number of amides is 2. The standard InChI is InChI=1S/C19H16N6O4S/c26-17(9-12-1-3-13(4-2-12)25(28)29)24-8-5-14-16(11-24)30-19(22-14)23-18(27)15-10-20-6-7-21-15/h1-4,6-7,10H,5,8-9,11H2,(H,22,23,27). The van der Waals surface area contributed by atoms with Crippen LogP contribution in [-0.2, 0) is 24.2 Å². The summed E-state index contributed by atoms with van der Waals surface area (Å²) in [7, 11) is 0. The Morgan fingerprint density at radius 1 is 1.23 bits per heavy atom. The molecular weight excluding hydrogens is 408 g/mol. The average molecular weight is 424 g/mol. The zero-order valence-electron chi connectivity index (χ0n) is 15.6. The van der Waals surface area contributed by atoms with Crippen molar-refractivity contribution in [3.63, 3.8) is 0 Å². The van der Waals surface area contributed by atoms with E-state index in [2.05, 4.69) is 20.3 Å². The SMILES string of the molecule is O=C(Nc1nc2c(s1)CN(C(=O)Cc1ccc([N+](=O)[O-])cc1)CC2)c1cnccn1. The number of non-ortho nitro benzene ring substituents is 1. The minimum atomic E-state index is -0.470. The van der Waals surface area contributed by atoms with Gasteiger partial charge in [-0.1, -0.05) is 23.5 Å². The molecule has 2 aromatic heterocycles. The normalized spacial score (nSPS) is 12.9. The molecule has 0 aliphatic carbocycles. The lowest BCUT2D eigenvalue weighted by Crippen LogP contribution is -2.36. The number of nitro groups is 1. The van der Waals surface area contributed by atoms with Gasteiger partial charge in [-0.3, -0.25) is 30.0 Å². The predicted octanol–water partition coefficient (Wildman–Crippen LogP) is 2.22. The molecule has 11 heteroatoms. The highest BCUT2D eigenvalue weighted by Gasteiger charge is 2.25. The number of nitro benzene ring substituents is 1. The number of aromatic nitrogens is 3. The van der Waals surface area contributed by atoms with Gasteiger partial charge in [0.25, 0.3) is 11.6 Å². The summed E-state index contributed by atoms with van der Waals surface area (Å²) in [6, 6.07) is 5.98. The zero-order chi connectivity index (χ0) is 21.1. The topological polar surface area (TPSA) is 131 Å². The van der Waals surface area contributed by atoms with Crippen LogP contribution in [0, 0.1) is 10.1 Å². The maximum Gasteiger partial charge on any atom is 0.277 e. The van der Waals surface area contributed by atoms with Gasteiger partial charge in [0.2, 0.25) is 5.91 Å². The van der Waals surface area contributed by atoms with E-state index in [1.807, 2.05) is 0 Å². The highest BCUT2D eigenvalue weighted by atomic mass is 32.1. The van der Waals surface area contributed by atoms with E-state index in [0.717, 1.165) is 16.1 Å². The van der Waals surface area contributed by atoms with Crippen molar-refractivity contribution in [3.8, 4) is 0 Å². The Bertz CT molecular complexity index is 1100. The monoisotopic (exact) mass is 424 g/mol. The smallest absolute Gasteiger partial charge is 0.277 e. The summed E-state index contributed by atoms with van der Waals surface area (Å²) in [5, 5.41) is 13.9. The fraction of sp³-hybridized carbons (Fsp3) is 0.211. The zero-order valence-corrected chi connectivity index (χ0v) is 16.5. The lowest BCUT2D eigenvalue weighted by atomic mass is 10.1. The van der Waals surface area contributed by atoms with Crippen molar-refractivity contribution in [2.24, 2.45) is 0 Å². The van der Waals surface area contributed by atoms with Gasteiger partial charge >= 0.3 is 0 Å². The Morgan fingerprint density at radius 3 is 2.73 bits per heavy atom. The van der Waals surface area contributed by atoms with Gasteiger partial charge in [-0.15, -0.1) is 0 Å². The second-order valence-corrected chi connectivity index (χ2v) is 7.68. The largest absolute Gasteiger partial charge is 0.337 e. The van der Waals surface area contributed by atoms with Crippen LogP contribution in [0.3, 0.4) is 0 Å². The van der Waals surface area contributed by atoms with Crippen LogP contribution >= 0.6 is 11.3 Å². The number of carbonyl (C=O) groups is 2. The van der Waals surface area contributed by atoms with E-state index in [1.54, 1.807) is 17.0 Å². The van der Waals surface area contributed by atoms with Crippen molar-refractivity contribution in [3.05, 3.63) is 74.8 Å². The first-order valence-electron chi connectivity index (χ1n) is 9.06. The number of rotatable bonds is 5. The van der Waals surface area contributed by atoms with E-state index in [9.17, 15) is 19.7 Å². The van der Waals surface area contributed by atoms with Crippen molar-refractivity contribution in [1.29, 1.82) is 0 Å². The molecule has 0 atom stereocenters. The number of benzene rings is 1. The Hall–Kier alpha value is -3.73. The number of hydrogen-bond donors (Lipinski definition) is 1. The summed E-state index contributed by atoms with van der Waals surface area (Å²) in [4.78, 5) is 50.1. The van der Waals surface area contributed by atoms with Crippen molar-refractivity contribution in [1.82, 2.24) is 19.9 Å². The number of anilines is 1. The molecule has 3 heterocycles. The van der Waals surface area contributed by atoms with Gasteiger partial charge in [0, 0.05) is 42.4 Å². The first-order valence-corrected chi connectivity index (χ1v) is 9.88. The second kappa shape index (κ2) is 8.33. The molecule has 2 amide bonds. The fourth-order valence-electron chi connectivity index (χ4n) is 3.06. The van der Waals surface area contributed by atoms with Crippen LogP contribution in [0.5, 0.6) is 0 Å². The minimum Gasteiger partial charge on any atom is -0.337 e. The molecule has 0 saturated heterocycles. The Kier molecular flexibility index (Phi) is 5.44. The quantitative estimate of drug-likeness (QED) is 0.491. The Labute approximate surface area is 174 Å². The van der Waals surface area contributed by atoms with Crippen LogP contribution in [0.25, 0.3) is 0 Å². The molecule has 0 spiro atoms. The van der Waals surface area contributed by atoms with E-state index >= 15 is 0 Å². The van der Waals surface area contributed by atoms with Gasteiger partial charge < -0.3 is 4.90 Å². The lowest BCUT2D eigenvalue weighted by Gasteiger charge is -2.26. The van der Waals surface area contributed by atoms with Crippen LogP contribution in [0.1, 0.15) is 26.6 Å². The van der Waals surface area contributed by atoms with Crippen molar-refractivity contribution in [2.45, 2.75) is 19.4 Å². The molecule has 0 unspecified atom stereocenters. The Morgan fingerprint density at radius 2 is 2.03 bits per heavy atom. The van der Waals surface area contributed by atoms with Crippen LogP contribution < -0.4 is 5.32 Å². The van der Waals surface area contributed by atoms with Gasteiger partial charge in [0.05, 0.1) is 29.8 Å². The third-order valence-electron chi connectivity index (χ3n) is 4.60. The molecule has 3 aromatic rings. The second-order valence-electron chi connectivity index (χ2n) is 6.60. The summed E-state index contributed by atoms with van der Waals surface area (Å²) in [5.74, 6) is -0.451. The summed E-state index contributed by atoms with van der Waals surface area (Å²) in [5.41, 5.74) is 1.78. The first-order chi connectivity index (χ1) is 14.5. The number of nitrogens with zero attached hydrogens (tertiary/aromatic N) is 5. The number of fused-ring (bicyclic) bond motifs is 1. The third kappa shape index (κ3) is 4.30. The number of hydrogen-bond acceptors (Lipinski definition) is 8. The van der Waals surface area contributed by atoms with Crippen LogP contribution in [0.15, 0.2) is 42.9 Å². The Balaban J connectivity index is 1.39. The van der Waals surface area contributed by atoms with Crippen molar-refractivity contribution < 1.29 is 14.5 Å². The maximum absolute atomic E-state index is 12.7. The van der Waals surface area contributed by atoms with Crippen molar-refractivity contribution >= 4 is 34.0 Å². The van der Waals surface area contributed by atoms with Crippen molar-refractivity contribution in [2.75, 3.05) is 11.9 Å². The number of carbonyl (C=O) groups excluding carboxylic acids is 2. The molecule has 4 rings (SSSR count). The van der Waals surface area contributed by atoms with Gasteiger partial charge in [-0.05, 0) is 5.56 Å². The molecule has 10 nitrogen and oxygen atoms in total. The molecule has 30 heavy (non-hydrogen) atoms. The van der Waals surface area contributed by atoms with E-state index < -0.39 is 4.92 Å². The molecule has 0 radical (unpaired) electrons. The molecular formula is C19H16N6O4S. The highest BCUT2D eigenvalue weighted by Crippen LogP contribution is 2.29. The molecule has 1 N–H and O–H groups in total. The summed E-state index contributed by atoms with van der Waals surface area (Å²) >= 11 is 1.33. The molecule has 0 bridgehead atoms. The van der Waals surface area contributed by atoms with E-state index in [-0.39, 0.29) is 29.6 Å². The molecule has 1 aromatic carbocycles. The van der Waals surface area contributed by atoms with Gasteiger partial charge in [0.1, 0.15) is 5.69 Å². The number of nitrogens with one attached hydrogen (secondary N) is 1. The lowest BCUT2D eigenvalue weighted by molar-refractivity contribution is -0.384. The van der Waals surface area contributed by atoms with Gasteiger partial charge in [-0.25, -0.2) is 9.97 Å². The molecule has 1 aliphatic rings. The van der Waals surface area contributed by atoms with Gasteiger partial charge in [0.15, 0.2) is 5.13 Å². The summed E-state index contributed by atoms with van der Waals surface area (Å²) < 4.78 is 0. The van der Waals surface area contributed by atoms with E-state index in [4.69, 9.17) is 0 Å². The van der Waals surface area contributed by atoms with Crippen LogP contribution in [0.4, 0.5) is 10.8 Å². The fourth-order valence-corrected chi connectivity index (χ4v) is 4.08. The highest BCUT2D eigenvalue weighted by molar-refractivity contribution is 7.15. The maximum atomic E-state index is 12.7. The van der Waals surface area contributed by atoms with Crippen LogP contribution in [-0.4, -0.2) is 43.1 Å². The molecule has 0 saturated carbocycles. The third-order valence-corrected chi connectivity index (χ3v) is 5.60.